The summed E-state index contributed by atoms with van der Waals surface area (Å²) in [5.74, 6) is -0.376. The molecule has 1 amide bonds. The van der Waals surface area contributed by atoms with Crippen molar-refractivity contribution in [2.24, 2.45) is 5.73 Å². The summed E-state index contributed by atoms with van der Waals surface area (Å²) in [4.78, 5) is 12.9. The minimum absolute atomic E-state index is 0.376. The van der Waals surface area contributed by atoms with E-state index in [2.05, 4.69) is 17.1 Å². The van der Waals surface area contributed by atoms with Crippen molar-refractivity contribution in [3.05, 3.63) is 24.3 Å². The topological polar surface area (TPSA) is 73.8 Å². The first kappa shape index (κ1) is 11.6. The van der Waals surface area contributed by atoms with E-state index in [1.165, 1.54) is 4.80 Å². The zero-order chi connectivity index (χ0) is 12.3. The predicted molar refractivity (Wildman–Crippen MR) is 65.3 cm³/mol. The Bertz CT molecular complexity index is 487. The average Bonchev–Trinajstić information content (AvgIpc) is 2.72. The van der Waals surface area contributed by atoms with Crippen molar-refractivity contribution in [2.45, 2.75) is 32.2 Å². The van der Waals surface area contributed by atoms with Gasteiger partial charge in [-0.25, -0.2) is 0 Å². The van der Waals surface area contributed by atoms with Gasteiger partial charge in [0.25, 0.3) is 0 Å². The Balaban J connectivity index is 2.31. The molecule has 90 valence electrons. The lowest BCUT2D eigenvalue weighted by Gasteiger charge is -2.11. The monoisotopic (exact) mass is 232 g/mol. The van der Waals surface area contributed by atoms with Crippen LogP contribution in [0.5, 0.6) is 0 Å². The van der Waals surface area contributed by atoms with Crippen molar-refractivity contribution in [2.75, 3.05) is 0 Å². The fourth-order valence-electron chi connectivity index (χ4n) is 1.78. The Morgan fingerprint density at radius 1 is 1.35 bits per heavy atom. The number of unbranched alkanes of at least 4 members (excludes halogenated alkanes) is 1. The Labute approximate surface area is 99.6 Å². The molecule has 0 aliphatic rings. The van der Waals surface area contributed by atoms with Crippen LogP contribution >= 0.6 is 0 Å². The second-order valence-electron chi connectivity index (χ2n) is 4.07. The van der Waals surface area contributed by atoms with Crippen LogP contribution in [-0.2, 0) is 4.79 Å². The van der Waals surface area contributed by atoms with Crippen LogP contribution in [0.25, 0.3) is 11.0 Å². The van der Waals surface area contributed by atoms with E-state index >= 15 is 0 Å². The Morgan fingerprint density at radius 3 is 2.41 bits per heavy atom. The quantitative estimate of drug-likeness (QED) is 0.851. The highest BCUT2D eigenvalue weighted by molar-refractivity contribution is 5.79. The lowest BCUT2D eigenvalue weighted by atomic mass is 10.1. The van der Waals surface area contributed by atoms with Crippen molar-refractivity contribution >= 4 is 16.9 Å². The van der Waals surface area contributed by atoms with Crippen molar-refractivity contribution < 1.29 is 4.79 Å². The molecular weight excluding hydrogens is 216 g/mol. The number of primary amides is 1. The Morgan fingerprint density at radius 2 is 1.94 bits per heavy atom. The van der Waals surface area contributed by atoms with E-state index in [-0.39, 0.29) is 5.91 Å². The van der Waals surface area contributed by atoms with Crippen LogP contribution in [-0.4, -0.2) is 20.9 Å². The van der Waals surface area contributed by atoms with Crippen LogP contribution in [0, 0.1) is 0 Å². The van der Waals surface area contributed by atoms with Gasteiger partial charge in [0.2, 0.25) is 5.91 Å². The van der Waals surface area contributed by atoms with Crippen LogP contribution in [0.1, 0.15) is 32.2 Å². The molecule has 0 saturated carbocycles. The van der Waals surface area contributed by atoms with E-state index < -0.39 is 6.04 Å². The molecule has 1 heterocycles. The van der Waals surface area contributed by atoms with Gasteiger partial charge in [-0.2, -0.15) is 15.0 Å². The molecule has 0 saturated heterocycles. The van der Waals surface area contributed by atoms with E-state index in [4.69, 9.17) is 5.73 Å². The number of hydrogen-bond acceptors (Lipinski definition) is 3. The number of nitrogens with zero attached hydrogens (tertiary/aromatic N) is 3. The first-order chi connectivity index (χ1) is 8.22. The molecule has 0 aliphatic heterocycles. The number of amides is 1. The first-order valence-electron chi connectivity index (χ1n) is 5.83. The summed E-state index contributed by atoms with van der Waals surface area (Å²) < 4.78 is 0. The molecule has 5 nitrogen and oxygen atoms in total. The molecule has 0 fully saturated rings. The minimum Gasteiger partial charge on any atom is -0.368 e. The number of carbonyl (C=O) groups excluding carboxylic acids is 1. The van der Waals surface area contributed by atoms with E-state index in [1.807, 2.05) is 24.3 Å². The van der Waals surface area contributed by atoms with Crippen molar-refractivity contribution in [1.82, 2.24) is 15.0 Å². The second kappa shape index (κ2) is 4.95. The molecule has 2 rings (SSSR count). The molecule has 0 bridgehead atoms. The molecular formula is C12H16N4O. The SMILES string of the molecule is CCCCC(C(N)=O)n1nc2ccccc2n1. The van der Waals surface area contributed by atoms with Crippen molar-refractivity contribution in [1.29, 1.82) is 0 Å². The number of nitrogens with two attached hydrogens (primary N) is 1. The molecule has 17 heavy (non-hydrogen) atoms. The number of carbonyl (C=O) groups is 1. The molecule has 2 N–H and O–H groups in total. The highest BCUT2D eigenvalue weighted by Crippen LogP contribution is 2.16. The Hall–Kier alpha value is -1.91. The van der Waals surface area contributed by atoms with Gasteiger partial charge in [-0.15, -0.1) is 0 Å². The zero-order valence-electron chi connectivity index (χ0n) is 9.84. The van der Waals surface area contributed by atoms with Gasteiger partial charge in [-0.1, -0.05) is 31.9 Å². The summed E-state index contributed by atoms with van der Waals surface area (Å²) in [6, 6.07) is 7.09. The van der Waals surface area contributed by atoms with Gasteiger partial charge >= 0.3 is 0 Å². The molecule has 0 radical (unpaired) electrons. The molecule has 1 atom stereocenters. The van der Waals surface area contributed by atoms with Crippen molar-refractivity contribution in [3.63, 3.8) is 0 Å². The number of rotatable bonds is 5. The summed E-state index contributed by atoms with van der Waals surface area (Å²) in [6.45, 7) is 2.07. The molecule has 0 aliphatic carbocycles. The third kappa shape index (κ3) is 2.43. The van der Waals surface area contributed by atoms with Gasteiger partial charge in [0.15, 0.2) is 0 Å². The maximum absolute atomic E-state index is 11.4. The van der Waals surface area contributed by atoms with E-state index in [0.717, 1.165) is 23.9 Å². The third-order valence-electron chi connectivity index (χ3n) is 2.74. The second-order valence-corrected chi connectivity index (χ2v) is 4.07. The summed E-state index contributed by atoms with van der Waals surface area (Å²) in [5, 5.41) is 8.58. The molecule has 1 aromatic carbocycles. The average molecular weight is 232 g/mol. The predicted octanol–water partition coefficient (Wildman–Crippen LogP) is 1.65. The smallest absolute Gasteiger partial charge is 0.244 e. The van der Waals surface area contributed by atoms with Gasteiger partial charge in [0.1, 0.15) is 17.1 Å². The number of aromatic nitrogens is 3. The summed E-state index contributed by atoms with van der Waals surface area (Å²) in [7, 11) is 0. The van der Waals surface area contributed by atoms with Crippen LogP contribution in [0.2, 0.25) is 0 Å². The molecule has 0 spiro atoms. The maximum Gasteiger partial charge on any atom is 0.244 e. The fraction of sp³-hybridized carbons (Fsp3) is 0.417. The fourth-order valence-corrected chi connectivity index (χ4v) is 1.78. The summed E-state index contributed by atoms with van der Waals surface area (Å²) >= 11 is 0. The van der Waals surface area contributed by atoms with Gasteiger partial charge in [0, 0.05) is 0 Å². The first-order valence-corrected chi connectivity index (χ1v) is 5.83. The standard InChI is InChI=1S/C12H16N4O/c1-2-3-8-11(12(13)17)16-14-9-6-4-5-7-10(9)15-16/h4-7,11H,2-3,8H2,1H3,(H2,13,17). The van der Waals surface area contributed by atoms with Gasteiger partial charge in [-0.05, 0) is 18.6 Å². The van der Waals surface area contributed by atoms with Crippen LogP contribution in [0.3, 0.4) is 0 Å². The highest BCUT2D eigenvalue weighted by Gasteiger charge is 2.19. The van der Waals surface area contributed by atoms with Gasteiger partial charge in [0.05, 0.1) is 0 Å². The van der Waals surface area contributed by atoms with Gasteiger partial charge in [-0.3, -0.25) is 4.79 Å². The van der Waals surface area contributed by atoms with Crippen LogP contribution in [0.4, 0.5) is 0 Å². The molecule has 1 aromatic heterocycles. The lowest BCUT2D eigenvalue weighted by molar-refractivity contribution is -0.121. The summed E-state index contributed by atoms with van der Waals surface area (Å²) in [5.41, 5.74) is 6.97. The lowest BCUT2D eigenvalue weighted by Crippen LogP contribution is -2.28. The summed E-state index contributed by atoms with van der Waals surface area (Å²) in [6.07, 6.45) is 2.64. The number of fused-ring (bicyclic) bond motifs is 1. The zero-order valence-corrected chi connectivity index (χ0v) is 9.84. The normalized spacial score (nSPS) is 12.8. The van der Waals surface area contributed by atoms with E-state index in [1.54, 1.807) is 0 Å². The Kier molecular flexibility index (Phi) is 3.37. The van der Waals surface area contributed by atoms with Gasteiger partial charge < -0.3 is 5.73 Å². The van der Waals surface area contributed by atoms with E-state index in [0.29, 0.717) is 6.42 Å². The largest absolute Gasteiger partial charge is 0.368 e. The molecule has 2 aromatic rings. The van der Waals surface area contributed by atoms with Crippen molar-refractivity contribution in [3.8, 4) is 0 Å². The van der Waals surface area contributed by atoms with Crippen LogP contribution < -0.4 is 5.73 Å². The highest BCUT2D eigenvalue weighted by atomic mass is 16.1. The maximum atomic E-state index is 11.4. The molecule has 1 unspecified atom stereocenters. The molecule has 5 heteroatoms. The third-order valence-corrected chi connectivity index (χ3v) is 2.74. The van der Waals surface area contributed by atoms with Crippen LogP contribution in [0.15, 0.2) is 24.3 Å². The number of benzene rings is 1. The minimum atomic E-state index is -0.442. The number of hydrogen-bond donors (Lipinski definition) is 1. The van der Waals surface area contributed by atoms with E-state index in [9.17, 15) is 4.79 Å².